The quantitative estimate of drug-likeness (QED) is 0.862. The highest BCUT2D eigenvalue weighted by atomic mass is 19.4. The van der Waals surface area contributed by atoms with E-state index in [1.807, 2.05) is 0 Å². The summed E-state index contributed by atoms with van der Waals surface area (Å²) in [5.41, 5.74) is -0.771. The van der Waals surface area contributed by atoms with Crippen LogP contribution < -0.4 is 10.1 Å². The van der Waals surface area contributed by atoms with Crippen LogP contribution in [0.15, 0.2) is 30.6 Å². The summed E-state index contributed by atoms with van der Waals surface area (Å²) in [7, 11) is 0. The number of ether oxygens (including phenoxy) is 2. The Balaban J connectivity index is 1.69. The van der Waals surface area contributed by atoms with Gasteiger partial charge in [0.15, 0.2) is 5.75 Å². The van der Waals surface area contributed by atoms with Crippen LogP contribution in [0.3, 0.4) is 0 Å². The number of nitrogens with zero attached hydrogens (tertiary/aromatic N) is 2. The molecule has 0 bridgehead atoms. The molecule has 2 heterocycles. The number of benzene rings is 1. The Hall–Kier alpha value is -2.57. The van der Waals surface area contributed by atoms with Gasteiger partial charge in [-0.1, -0.05) is 6.07 Å². The fourth-order valence-corrected chi connectivity index (χ4v) is 2.62. The Bertz CT molecular complexity index is 756. The average molecular weight is 352 g/mol. The molecular formula is C16H15F3N4O2. The van der Waals surface area contributed by atoms with E-state index in [9.17, 15) is 13.2 Å². The number of nitriles is 1. The van der Waals surface area contributed by atoms with Crippen LogP contribution in [0.25, 0.3) is 0 Å². The van der Waals surface area contributed by atoms with E-state index in [1.54, 1.807) is 12.3 Å². The molecular weight excluding hydrogens is 337 g/mol. The molecule has 1 aliphatic heterocycles. The summed E-state index contributed by atoms with van der Waals surface area (Å²) in [5, 5.41) is 18.3. The first-order valence-corrected chi connectivity index (χ1v) is 7.54. The third-order valence-electron chi connectivity index (χ3n) is 3.89. The maximum Gasteiger partial charge on any atom is 0.416 e. The van der Waals surface area contributed by atoms with E-state index in [1.165, 1.54) is 18.3 Å². The number of aromatic nitrogens is 2. The van der Waals surface area contributed by atoms with Crippen LogP contribution >= 0.6 is 0 Å². The Morgan fingerprint density at radius 2 is 2.24 bits per heavy atom. The largest absolute Gasteiger partial charge is 0.483 e. The second kappa shape index (κ2) is 7.13. The van der Waals surface area contributed by atoms with Gasteiger partial charge >= 0.3 is 6.18 Å². The van der Waals surface area contributed by atoms with E-state index in [4.69, 9.17) is 14.7 Å². The second-order valence-electron chi connectivity index (χ2n) is 5.60. The van der Waals surface area contributed by atoms with E-state index in [0.29, 0.717) is 19.0 Å². The summed E-state index contributed by atoms with van der Waals surface area (Å²) in [4.78, 5) is 0. The Kier molecular flexibility index (Phi) is 4.92. The lowest BCUT2D eigenvalue weighted by molar-refractivity contribution is -0.138. The van der Waals surface area contributed by atoms with Gasteiger partial charge in [0.25, 0.3) is 0 Å². The molecule has 0 unspecified atom stereocenters. The zero-order valence-electron chi connectivity index (χ0n) is 13.0. The van der Waals surface area contributed by atoms with Crippen molar-refractivity contribution < 1.29 is 22.6 Å². The highest BCUT2D eigenvalue weighted by Crippen LogP contribution is 2.32. The first-order chi connectivity index (χ1) is 12.0. The highest BCUT2D eigenvalue weighted by molar-refractivity contribution is 5.39. The molecule has 2 aromatic rings. The topological polar surface area (TPSA) is 83.0 Å². The minimum absolute atomic E-state index is 0.0141. The molecule has 1 aromatic heterocycles. The van der Waals surface area contributed by atoms with Crippen molar-refractivity contribution in [1.29, 1.82) is 5.26 Å². The Morgan fingerprint density at radius 3 is 2.92 bits per heavy atom. The molecule has 0 radical (unpaired) electrons. The van der Waals surface area contributed by atoms with Gasteiger partial charge in [0.2, 0.25) is 0 Å². The molecule has 25 heavy (non-hydrogen) atoms. The maximum absolute atomic E-state index is 13.2. The van der Waals surface area contributed by atoms with Crippen molar-refractivity contribution in [3.63, 3.8) is 0 Å². The van der Waals surface area contributed by atoms with Gasteiger partial charge in [0.05, 0.1) is 48.8 Å². The van der Waals surface area contributed by atoms with Crippen LogP contribution in [0, 0.1) is 11.3 Å². The van der Waals surface area contributed by atoms with Gasteiger partial charge in [-0.05, 0) is 17.7 Å². The average Bonchev–Trinajstić information content (AvgIpc) is 3.24. The number of hydrogen-bond acceptors (Lipinski definition) is 5. The van der Waals surface area contributed by atoms with Crippen molar-refractivity contribution in [3.05, 3.63) is 47.3 Å². The van der Waals surface area contributed by atoms with Crippen LogP contribution in [-0.4, -0.2) is 35.6 Å². The van der Waals surface area contributed by atoms with Crippen molar-refractivity contribution >= 4 is 0 Å². The highest BCUT2D eigenvalue weighted by Gasteiger charge is 2.35. The van der Waals surface area contributed by atoms with Crippen LogP contribution in [-0.2, 0) is 17.5 Å². The number of nitrogens with one attached hydrogen (secondary N) is 2. The molecule has 1 saturated heterocycles. The molecule has 0 aliphatic carbocycles. The number of hydrogen-bond donors (Lipinski definition) is 2. The van der Waals surface area contributed by atoms with Crippen LogP contribution in [0.1, 0.15) is 16.7 Å². The molecule has 1 aliphatic rings. The zero-order chi connectivity index (χ0) is 17.9. The van der Waals surface area contributed by atoms with Gasteiger partial charge in [-0.15, -0.1) is 0 Å². The Morgan fingerprint density at radius 1 is 1.40 bits per heavy atom. The molecule has 0 spiro atoms. The SMILES string of the molecule is N#Cc1ccc(CN[C@H]2COC[C@H]2Oc2cn[nH]c2)c(C(F)(F)F)c1. The molecule has 3 rings (SSSR count). The molecule has 0 amide bonds. The Labute approximate surface area is 141 Å². The molecule has 1 aromatic carbocycles. The predicted octanol–water partition coefficient (Wildman–Crippen LogP) is 2.24. The van der Waals surface area contributed by atoms with Gasteiger partial charge in [-0.3, -0.25) is 5.10 Å². The monoisotopic (exact) mass is 352 g/mol. The van der Waals surface area contributed by atoms with Crippen molar-refractivity contribution in [2.45, 2.75) is 24.9 Å². The van der Waals surface area contributed by atoms with Crippen LogP contribution in [0.4, 0.5) is 13.2 Å². The van der Waals surface area contributed by atoms with Crippen LogP contribution in [0.5, 0.6) is 5.75 Å². The van der Waals surface area contributed by atoms with Gasteiger partial charge in [0.1, 0.15) is 6.10 Å². The maximum atomic E-state index is 13.2. The van der Waals surface area contributed by atoms with Crippen molar-refractivity contribution in [1.82, 2.24) is 15.5 Å². The molecule has 1 fully saturated rings. The fourth-order valence-electron chi connectivity index (χ4n) is 2.62. The van der Waals surface area contributed by atoms with Crippen molar-refractivity contribution in [2.75, 3.05) is 13.2 Å². The summed E-state index contributed by atoms with van der Waals surface area (Å²) in [5.74, 6) is 0.539. The van der Waals surface area contributed by atoms with Gasteiger partial charge in [-0.2, -0.15) is 23.5 Å². The normalized spacial score (nSPS) is 20.4. The van der Waals surface area contributed by atoms with E-state index >= 15 is 0 Å². The minimum Gasteiger partial charge on any atom is -0.483 e. The number of alkyl halides is 3. The van der Waals surface area contributed by atoms with Crippen molar-refractivity contribution in [2.24, 2.45) is 0 Å². The predicted molar refractivity (Wildman–Crippen MR) is 80.6 cm³/mol. The first-order valence-electron chi connectivity index (χ1n) is 7.54. The summed E-state index contributed by atoms with van der Waals surface area (Å²) in [6.07, 6.45) is -1.76. The van der Waals surface area contributed by atoms with E-state index < -0.39 is 11.7 Å². The van der Waals surface area contributed by atoms with E-state index in [0.717, 1.165) is 6.07 Å². The molecule has 2 N–H and O–H groups in total. The number of halogens is 3. The number of H-pyrrole nitrogens is 1. The number of rotatable bonds is 5. The minimum atomic E-state index is -4.53. The lowest BCUT2D eigenvalue weighted by atomic mass is 10.0. The number of aromatic amines is 1. The third kappa shape index (κ3) is 4.10. The van der Waals surface area contributed by atoms with E-state index in [2.05, 4.69) is 15.5 Å². The molecule has 0 saturated carbocycles. The standard InChI is InChI=1S/C16H15F3N4O2/c17-16(18,19)13-3-10(4-20)1-2-11(13)5-21-14-8-24-9-15(14)25-12-6-22-23-7-12/h1-3,6-7,14-15,21H,5,8-9H2,(H,22,23)/t14-,15+/m0/s1. The first kappa shape index (κ1) is 17.3. The second-order valence-corrected chi connectivity index (χ2v) is 5.60. The lowest BCUT2D eigenvalue weighted by Crippen LogP contribution is -2.41. The summed E-state index contributed by atoms with van der Waals surface area (Å²) in [6, 6.07) is 5.02. The van der Waals surface area contributed by atoms with Gasteiger partial charge < -0.3 is 14.8 Å². The van der Waals surface area contributed by atoms with Gasteiger partial charge in [0, 0.05) is 6.54 Å². The van der Waals surface area contributed by atoms with Crippen LogP contribution in [0.2, 0.25) is 0 Å². The summed E-state index contributed by atoms with van der Waals surface area (Å²) >= 11 is 0. The molecule has 2 atom stereocenters. The smallest absolute Gasteiger partial charge is 0.416 e. The summed E-state index contributed by atoms with van der Waals surface area (Å²) < 4.78 is 50.7. The molecule has 6 nitrogen and oxygen atoms in total. The fraction of sp³-hybridized carbons (Fsp3) is 0.375. The third-order valence-corrected chi connectivity index (χ3v) is 3.89. The van der Waals surface area contributed by atoms with Gasteiger partial charge in [-0.25, -0.2) is 0 Å². The zero-order valence-corrected chi connectivity index (χ0v) is 13.0. The summed E-state index contributed by atoms with van der Waals surface area (Å²) in [6.45, 7) is 0.655. The lowest BCUT2D eigenvalue weighted by Gasteiger charge is -2.21. The van der Waals surface area contributed by atoms with Crippen molar-refractivity contribution in [3.8, 4) is 11.8 Å². The molecule has 9 heteroatoms. The van der Waals surface area contributed by atoms with E-state index in [-0.39, 0.29) is 29.8 Å². The molecule has 132 valence electrons.